The largest absolute Gasteiger partial charge is 0.461 e. The summed E-state index contributed by atoms with van der Waals surface area (Å²) in [5.74, 6) is -0.422. The van der Waals surface area contributed by atoms with E-state index in [1.54, 1.807) is 19.2 Å². The monoisotopic (exact) mass is 166 g/mol. The Bertz CT molecular complexity index is 286. The number of rotatable bonds is 2. The van der Waals surface area contributed by atoms with Gasteiger partial charge in [-0.15, -0.1) is 5.10 Å². The molecule has 1 rings (SSSR count). The van der Waals surface area contributed by atoms with Crippen LogP contribution in [0.25, 0.3) is 0 Å². The van der Waals surface area contributed by atoms with Crippen LogP contribution in [0.3, 0.4) is 0 Å². The number of aryl methyl sites for hydroxylation is 1. The minimum atomic E-state index is -0.422. The van der Waals surface area contributed by atoms with Crippen molar-refractivity contribution in [2.24, 2.45) is 0 Å². The average Bonchev–Trinajstić information content (AvgIpc) is 2.05. The third kappa shape index (κ3) is 2.02. The molecule has 4 heteroatoms. The molecule has 1 heterocycles. The van der Waals surface area contributed by atoms with Gasteiger partial charge in [-0.25, -0.2) is 4.79 Å². The lowest BCUT2D eigenvalue weighted by molar-refractivity contribution is 0.0518. The first-order valence-corrected chi connectivity index (χ1v) is 3.70. The van der Waals surface area contributed by atoms with Crippen LogP contribution in [0, 0.1) is 6.92 Å². The summed E-state index contributed by atoms with van der Waals surface area (Å²) in [5.41, 5.74) is 1.16. The van der Waals surface area contributed by atoms with Crippen molar-refractivity contribution in [2.75, 3.05) is 6.61 Å². The summed E-state index contributed by atoms with van der Waals surface area (Å²) in [4.78, 5) is 11.1. The molecule has 0 bridgehead atoms. The molecule has 0 aliphatic heterocycles. The van der Waals surface area contributed by atoms with Gasteiger partial charge < -0.3 is 4.74 Å². The summed E-state index contributed by atoms with van der Waals surface area (Å²) in [6.45, 7) is 3.95. The highest BCUT2D eigenvalue weighted by Gasteiger charge is 2.07. The molecule has 0 atom stereocenters. The minimum Gasteiger partial charge on any atom is -0.461 e. The van der Waals surface area contributed by atoms with Crippen LogP contribution in [0.1, 0.15) is 23.0 Å². The van der Waals surface area contributed by atoms with E-state index >= 15 is 0 Å². The van der Waals surface area contributed by atoms with Gasteiger partial charge in [-0.1, -0.05) is 0 Å². The van der Waals surface area contributed by atoms with E-state index in [4.69, 9.17) is 4.74 Å². The van der Waals surface area contributed by atoms with Gasteiger partial charge in [0.15, 0.2) is 5.69 Å². The normalized spacial score (nSPS) is 9.50. The summed E-state index contributed by atoms with van der Waals surface area (Å²) in [7, 11) is 0. The second kappa shape index (κ2) is 3.80. The zero-order valence-electron chi connectivity index (χ0n) is 7.07. The molecule has 0 spiro atoms. The van der Waals surface area contributed by atoms with Gasteiger partial charge in [-0.2, -0.15) is 5.10 Å². The third-order valence-corrected chi connectivity index (χ3v) is 1.28. The zero-order valence-corrected chi connectivity index (χ0v) is 7.07. The molecule has 1 aromatic rings. The van der Waals surface area contributed by atoms with Gasteiger partial charge in [0.25, 0.3) is 0 Å². The molecule has 0 aromatic carbocycles. The molecule has 0 aliphatic rings. The summed E-state index contributed by atoms with van der Waals surface area (Å²) in [6.07, 6.45) is 1.59. The smallest absolute Gasteiger partial charge is 0.358 e. The molecule has 4 nitrogen and oxygen atoms in total. The number of hydrogen-bond acceptors (Lipinski definition) is 4. The molecule has 0 fully saturated rings. The second-order valence-electron chi connectivity index (χ2n) is 2.34. The summed E-state index contributed by atoms with van der Waals surface area (Å²) in [5, 5.41) is 7.27. The lowest BCUT2D eigenvalue weighted by Crippen LogP contribution is -2.07. The first-order valence-electron chi connectivity index (χ1n) is 3.70. The average molecular weight is 166 g/mol. The molecule has 0 saturated carbocycles. The second-order valence-corrected chi connectivity index (χ2v) is 2.34. The Morgan fingerprint density at radius 2 is 2.42 bits per heavy atom. The van der Waals surface area contributed by atoms with Crippen molar-refractivity contribution in [3.8, 4) is 0 Å². The molecule has 64 valence electrons. The predicted octanol–water partition coefficient (Wildman–Crippen LogP) is 0.962. The Labute approximate surface area is 70.6 Å². The van der Waals surface area contributed by atoms with Crippen LogP contribution in [0.4, 0.5) is 0 Å². The van der Waals surface area contributed by atoms with Crippen LogP contribution < -0.4 is 0 Å². The SMILES string of the molecule is CCOC(=O)c1cc(C)cnn1. The maximum Gasteiger partial charge on any atom is 0.358 e. The topological polar surface area (TPSA) is 52.1 Å². The zero-order chi connectivity index (χ0) is 8.97. The molecule has 0 radical (unpaired) electrons. The van der Waals surface area contributed by atoms with Crippen LogP contribution in [-0.4, -0.2) is 22.8 Å². The predicted molar refractivity (Wildman–Crippen MR) is 42.7 cm³/mol. The van der Waals surface area contributed by atoms with Crippen molar-refractivity contribution in [3.63, 3.8) is 0 Å². The number of aromatic nitrogens is 2. The van der Waals surface area contributed by atoms with Crippen molar-refractivity contribution in [3.05, 3.63) is 23.5 Å². The van der Waals surface area contributed by atoms with Gasteiger partial charge in [0, 0.05) is 0 Å². The van der Waals surface area contributed by atoms with Gasteiger partial charge in [0.1, 0.15) is 0 Å². The van der Waals surface area contributed by atoms with Gasteiger partial charge in [-0.3, -0.25) is 0 Å². The molecule has 0 amide bonds. The molecular weight excluding hydrogens is 156 g/mol. The Hall–Kier alpha value is -1.45. The highest BCUT2D eigenvalue weighted by atomic mass is 16.5. The highest BCUT2D eigenvalue weighted by Crippen LogP contribution is 1.99. The Kier molecular flexibility index (Phi) is 2.74. The molecule has 0 unspecified atom stereocenters. The van der Waals surface area contributed by atoms with Crippen LogP contribution in [-0.2, 0) is 4.74 Å². The van der Waals surface area contributed by atoms with Crippen LogP contribution in [0.5, 0.6) is 0 Å². The fraction of sp³-hybridized carbons (Fsp3) is 0.375. The quantitative estimate of drug-likeness (QED) is 0.614. The summed E-state index contributed by atoms with van der Waals surface area (Å²) >= 11 is 0. The fourth-order valence-electron chi connectivity index (χ4n) is 0.769. The van der Waals surface area contributed by atoms with Crippen molar-refractivity contribution in [1.82, 2.24) is 10.2 Å². The maximum atomic E-state index is 11.1. The van der Waals surface area contributed by atoms with Crippen molar-refractivity contribution < 1.29 is 9.53 Å². The van der Waals surface area contributed by atoms with Crippen LogP contribution >= 0.6 is 0 Å². The summed E-state index contributed by atoms with van der Waals surface area (Å²) in [6, 6.07) is 1.64. The van der Waals surface area contributed by atoms with E-state index < -0.39 is 5.97 Å². The summed E-state index contributed by atoms with van der Waals surface area (Å²) < 4.78 is 4.74. The Morgan fingerprint density at radius 3 is 3.00 bits per heavy atom. The number of carbonyl (C=O) groups is 1. The number of esters is 1. The number of nitrogens with zero attached hydrogens (tertiary/aromatic N) is 2. The molecule has 0 saturated heterocycles. The van der Waals surface area contributed by atoms with Crippen LogP contribution in [0.15, 0.2) is 12.3 Å². The van der Waals surface area contributed by atoms with E-state index in [0.717, 1.165) is 5.56 Å². The van der Waals surface area contributed by atoms with E-state index in [9.17, 15) is 4.79 Å². The number of carbonyl (C=O) groups excluding carboxylic acids is 1. The van der Waals surface area contributed by atoms with Gasteiger partial charge >= 0.3 is 5.97 Å². The van der Waals surface area contributed by atoms with Gasteiger partial charge in [-0.05, 0) is 25.5 Å². The van der Waals surface area contributed by atoms with Crippen molar-refractivity contribution >= 4 is 5.97 Å². The lowest BCUT2D eigenvalue weighted by atomic mass is 10.3. The number of ether oxygens (including phenoxy) is 1. The lowest BCUT2D eigenvalue weighted by Gasteiger charge is -1.99. The van der Waals surface area contributed by atoms with Crippen molar-refractivity contribution in [1.29, 1.82) is 0 Å². The fourth-order valence-corrected chi connectivity index (χ4v) is 0.769. The van der Waals surface area contributed by atoms with E-state index in [0.29, 0.717) is 6.61 Å². The van der Waals surface area contributed by atoms with Gasteiger partial charge in [0.05, 0.1) is 12.8 Å². The first-order chi connectivity index (χ1) is 5.74. The highest BCUT2D eigenvalue weighted by molar-refractivity contribution is 5.87. The van der Waals surface area contributed by atoms with Crippen LogP contribution in [0.2, 0.25) is 0 Å². The molecule has 1 aromatic heterocycles. The Balaban J connectivity index is 2.81. The molecular formula is C8H10N2O2. The minimum absolute atomic E-state index is 0.261. The van der Waals surface area contributed by atoms with E-state index in [1.807, 2.05) is 6.92 Å². The van der Waals surface area contributed by atoms with E-state index in [1.165, 1.54) is 0 Å². The third-order valence-electron chi connectivity index (χ3n) is 1.28. The standard InChI is InChI=1S/C8H10N2O2/c1-3-12-8(11)7-4-6(2)5-9-10-7/h4-5H,3H2,1-2H3. The van der Waals surface area contributed by atoms with E-state index in [2.05, 4.69) is 10.2 Å². The molecule has 0 aliphatic carbocycles. The van der Waals surface area contributed by atoms with Gasteiger partial charge in [0.2, 0.25) is 0 Å². The molecule has 0 N–H and O–H groups in total. The first kappa shape index (κ1) is 8.64. The van der Waals surface area contributed by atoms with E-state index in [-0.39, 0.29) is 5.69 Å². The maximum absolute atomic E-state index is 11.1. The Morgan fingerprint density at radius 1 is 1.67 bits per heavy atom. The van der Waals surface area contributed by atoms with Crippen molar-refractivity contribution in [2.45, 2.75) is 13.8 Å². The molecule has 12 heavy (non-hydrogen) atoms. The number of hydrogen-bond donors (Lipinski definition) is 0.